The Morgan fingerprint density at radius 3 is 0.483 bits per heavy atom. The molecule has 0 aromatic heterocycles. The lowest BCUT2D eigenvalue weighted by molar-refractivity contribution is -0.374. The molecule has 16 fully saturated rings. The topological polar surface area (TPSA) is 974 Å². The van der Waals surface area contributed by atoms with Gasteiger partial charge in [0.2, 0.25) is 0 Å². The zero-order chi connectivity index (χ0) is 104. The summed E-state index contributed by atoms with van der Waals surface area (Å²) in [6.07, 6.45) is -112. The summed E-state index contributed by atoms with van der Waals surface area (Å²) in [6.45, 7) is -9.50. The molecular formula is C80H130O65. The minimum absolute atomic E-state index is 0.417. The highest BCUT2D eigenvalue weighted by Crippen LogP contribution is 2.40. The zero-order valence-corrected chi connectivity index (χ0v) is 76.1. The Labute approximate surface area is 817 Å². The lowest BCUT2D eigenvalue weighted by Crippen LogP contribution is -2.64. The van der Waals surface area contributed by atoms with Crippen molar-refractivity contribution in [2.75, 3.05) is 106 Å². The number of ether oxygens (including phenoxy) is 31. The molecule has 64 atom stereocenters. The third-order valence-corrected chi connectivity index (χ3v) is 27.6. The van der Waals surface area contributed by atoms with Crippen molar-refractivity contribution in [3.8, 4) is 0 Å². The van der Waals surface area contributed by atoms with Crippen LogP contribution in [0.2, 0.25) is 0 Å². The minimum Gasteiger partial charge on any atom is -0.394 e. The van der Waals surface area contributed by atoms with E-state index in [1.165, 1.54) is 0 Å². The zero-order valence-electron chi connectivity index (χ0n) is 76.1. The van der Waals surface area contributed by atoms with Gasteiger partial charge in [-0.25, -0.2) is 0 Å². The standard InChI is InChI=1S/C80H130O65/c81-1-18-34(84)63(113)79(130-18)145-64-48(98)32(143-66-50(100)33(83)17(82)2-116-66)16-129-80(64)144-31-15-128-78(62(112)47(31)97)142-30-14-127-77(61(111)46(30)96)141-29-13-126-76(60(110)45(29)95)140-28-12-125-75(59(109)44(28)94)139-27-11-124-74(58(108)43(27)93)138-26-10-123-73(57(107)42(26)92)137-25-9-122-72(56(106)41(25)91)136-24-8-121-71(55(105)40(24)90)135-23-7-120-70(54(104)39(23)89)134-22-6-119-69(53(103)38(22)88)133-21-5-118-68(52(102)37(21)87)132-20-4-117-67(51(101)36(20)86)131-19-3-115-65(114)49(99)35(19)85/h17-114H,1-16H2/t17-,18+,19-,20-,21-,22-,23-,24-,25-,26-,27-,28-,29-,30-,31-,32-,33+,34+,35+,36+,37+,38+,39+,40+,41+,42+,43+,44+,45+,46+,47+,48+,49-,50-,51-,52-,53-,54-,55-,56-,57-,58-,59-,60-,61-,62-,63-,64-,65?,66+,67+,68+,69+,70+,71+,72+,73+,74+,75+,76+,77+,78+,79+,80+/m1/s1. The van der Waals surface area contributed by atoms with Gasteiger partial charge < -0.3 is 320 Å². The molecule has 16 heterocycles. The van der Waals surface area contributed by atoms with Crippen LogP contribution in [0.15, 0.2) is 0 Å². The average molecular weight is 2130 g/mol. The monoisotopic (exact) mass is 2130 g/mol. The summed E-state index contributed by atoms with van der Waals surface area (Å²) < 4.78 is 174. The summed E-state index contributed by atoms with van der Waals surface area (Å²) in [5.74, 6) is 0. The van der Waals surface area contributed by atoms with Crippen LogP contribution in [0.3, 0.4) is 0 Å². The SMILES string of the molecule is OC[C@@H]1O[C@@H](O[C@H]2[C@H](O[C@@H]3CO[C@@H](O[C@@H]4CO[C@@H](O[C@@H]5CO[C@@H](O[C@@H]6CO[C@@H](O[C@@H]7CO[C@@H](O[C@@H]8CO[C@@H](O[C@@H]9CO[C@@H](O[C@@H]%10CO[C@@H](O[C@@H]%11CO[C@@H](O[C@@H]%12CO[C@@H](O[C@@H]%13CO[C@@H](O[C@@H]%14CO[C@@H](O[C@@H]%15COC(O)[C@H](O)[C@H]%15O)[C@H](O)[C@H]%14O)[C@H](O)[C@H]%13O)[C@H](O)[C@H]%12O)[C@H](O)[C@H]%11O)[C@H](O)[C@H]%10O)[C@H](O)[C@H]9O)[C@H](O)[C@H]8O)[C@H](O)[C@H]7O)[C@H](O)[C@H]6O)[C@H](O)[C@H]5O)[C@H](O)[C@H]4O)[C@H](O)[C@H]3O)OC[C@@H](O[C@@H]3OC[C@@H](O)[C@H](O)[C@H]3O)[C@@H]2O)[C@H](O)[C@H]1O. The van der Waals surface area contributed by atoms with E-state index in [1.54, 1.807) is 0 Å². The van der Waals surface area contributed by atoms with Crippen molar-refractivity contribution in [3.05, 3.63) is 0 Å². The molecule has 0 radical (unpaired) electrons. The van der Waals surface area contributed by atoms with Gasteiger partial charge in [-0.15, -0.1) is 0 Å². The Hall–Kier alpha value is -2.60. The molecule has 65 heteroatoms. The van der Waals surface area contributed by atoms with Crippen LogP contribution in [0.5, 0.6) is 0 Å². The fourth-order valence-electron chi connectivity index (χ4n) is 18.6. The normalized spacial score (nSPS) is 54.8. The second-order valence-electron chi connectivity index (χ2n) is 37.6. The van der Waals surface area contributed by atoms with Crippen molar-refractivity contribution in [2.24, 2.45) is 0 Å². The largest absolute Gasteiger partial charge is 0.394 e. The lowest BCUT2D eigenvalue weighted by Gasteiger charge is -2.46. The van der Waals surface area contributed by atoms with Crippen LogP contribution in [0, 0.1) is 0 Å². The Balaban J connectivity index is 0.410. The number of aliphatic hydroxyl groups is 34. The van der Waals surface area contributed by atoms with Crippen molar-refractivity contribution in [3.63, 3.8) is 0 Å². The van der Waals surface area contributed by atoms with Gasteiger partial charge in [-0.3, -0.25) is 0 Å². The molecule has 0 aliphatic carbocycles. The van der Waals surface area contributed by atoms with E-state index >= 15 is 0 Å². The Morgan fingerprint density at radius 1 is 0.138 bits per heavy atom. The molecule has 16 rings (SSSR count). The van der Waals surface area contributed by atoms with E-state index in [0.29, 0.717) is 0 Å². The van der Waals surface area contributed by atoms with Gasteiger partial charge in [-0.2, -0.15) is 0 Å². The van der Waals surface area contributed by atoms with Crippen molar-refractivity contribution < 1.29 is 320 Å². The smallest absolute Gasteiger partial charge is 0.187 e. The Morgan fingerprint density at radius 2 is 0.290 bits per heavy atom. The third kappa shape index (κ3) is 25.2. The molecule has 34 N–H and O–H groups in total. The molecular weight excluding hydrogens is 2000 g/mol. The van der Waals surface area contributed by atoms with Crippen LogP contribution in [0.25, 0.3) is 0 Å². The summed E-state index contributed by atoms with van der Waals surface area (Å²) in [4.78, 5) is 0. The fraction of sp³-hybridized carbons (Fsp3) is 1.00. The molecule has 0 amide bonds. The van der Waals surface area contributed by atoms with Crippen molar-refractivity contribution in [1.29, 1.82) is 0 Å². The first-order chi connectivity index (χ1) is 69.0. The van der Waals surface area contributed by atoms with E-state index in [2.05, 4.69) is 0 Å². The van der Waals surface area contributed by atoms with E-state index in [-0.39, 0.29) is 0 Å². The molecule has 0 saturated carbocycles. The molecule has 65 nitrogen and oxygen atoms in total. The Bertz CT molecular complexity index is 3830. The first kappa shape index (κ1) is 115. The molecule has 1 unspecified atom stereocenters. The number of hydrogen-bond acceptors (Lipinski definition) is 65. The highest BCUT2D eigenvalue weighted by atomic mass is 16.8. The molecule has 16 saturated heterocycles. The van der Waals surface area contributed by atoms with Crippen LogP contribution >= 0.6 is 0 Å². The van der Waals surface area contributed by atoms with E-state index < -0.39 is 499 Å². The van der Waals surface area contributed by atoms with Crippen LogP contribution < -0.4 is 0 Å². The van der Waals surface area contributed by atoms with E-state index in [4.69, 9.17) is 147 Å². The van der Waals surface area contributed by atoms with Gasteiger partial charge in [0.05, 0.1) is 106 Å². The van der Waals surface area contributed by atoms with E-state index in [0.717, 1.165) is 0 Å². The first-order valence-electron chi connectivity index (χ1n) is 46.8. The van der Waals surface area contributed by atoms with E-state index in [1.807, 2.05) is 0 Å². The van der Waals surface area contributed by atoms with Gasteiger partial charge in [-0.05, 0) is 0 Å². The summed E-state index contributed by atoms with van der Waals surface area (Å²) in [5, 5.41) is 370. The maximum absolute atomic E-state index is 11.6. The molecule has 16 aliphatic rings. The molecule has 0 aromatic rings. The summed E-state index contributed by atoms with van der Waals surface area (Å²) >= 11 is 0. The predicted molar refractivity (Wildman–Crippen MR) is 429 cm³/mol. The second kappa shape index (κ2) is 49.9. The van der Waals surface area contributed by atoms with Crippen LogP contribution in [-0.4, -0.2) is 673 Å². The van der Waals surface area contributed by atoms with E-state index in [9.17, 15) is 174 Å². The number of hydrogen-bond donors (Lipinski definition) is 34. The molecule has 0 spiro atoms. The Kier molecular flexibility index (Phi) is 39.5. The van der Waals surface area contributed by atoms with Crippen molar-refractivity contribution in [2.45, 2.75) is 394 Å². The van der Waals surface area contributed by atoms with Gasteiger partial charge in [0.25, 0.3) is 0 Å². The van der Waals surface area contributed by atoms with Crippen molar-refractivity contribution >= 4 is 0 Å². The quantitative estimate of drug-likeness (QED) is 0.0306. The maximum Gasteiger partial charge on any atom is 0.187 e. The highest BCUT2D eigenvalue weighted by molar-refractivity contribution is 5.02. The van der Waals surface area contributed by atoms with Crippen molar-refractivity contribution in [1.82, 2.24) is 0 Å². The van der Waals surface area contributed by atoms with Gasteiger partial charge >= 0.3 is 0 Å². The highest BCUT2D eigenvalue weighted by Gasteiger charge is 2.60. The average Bonchev–Trinajstić information content (AvgIpc) is 0.825. The lowest BCUT2D eigenvalue weighted by atomic mass is 10.0. The molecule has 0 aromatic carbocycles. The van der Waals surface area contributed by atoms with Crippen LogP contribution in [-0.2, 0) is 147 Å². The van der Waals surface area contributed by atoms with Gasteiger partial charge in [0.15, 0.2) is 101 Å². The van der Waals surface area contributed by atoms with Crippen LogP contribution in [0.4, 0.5) is 0 Å². The second-order valence-corrected chi connectivity index (χ2v) is 37.6. The van der Waals surface area contributed by atoms with Gasteiger partial charge in [-0.1, -0.05) is 0 Å². The summed E-state index contributed by atoms with van der Waals surface area (Å²) in [7, 11) is 0. The molecule has 145 heavy (non-hydrogen) atoms. The molecule has 16 aliphatic heterocycles. The third-order valence-electron chi connectivity index (χ3n) is 27.6. The number of aliphatic hydroxyl groups excluding tert-OH is 34. The first-order valence-corrected chi connectivity index (χ1v) is 46.8. The number of rotatable bonds is 31. The summed E-state index contributed by atoms with van der Waals surface area (Å²) in [6, 6.07) is 0. The molecule has 840 valence electrons. The van der Waals surface area contributed by atoms with Gasteiger partial charge in [0, 0.05) is 0 Å². The fourth-order valence-corrected chi connectivity index (χ4v) is 18.6. The minimum atomic E-state index is -2.02. The predicted octanol–water partition coefficient (Wildman–Crippen LogP) is -25.6. The summed E-state index contributed by atoms with van der Waals surface area (Å²) in [5.41, 5.74) is 0. The van der Waals surface area contributed by atoms with Gasteiger partial charge in [0.1, 0.15) is 293 Å². The van der Waals surface area contributed by atoms with Crippen LogP contribution in [0.1, 0.15) is 0 Å². The maximum atomic E-state index is 11.6. The molecule has 0 bridgehead atoms.